The van der Waals surface area contributed by atoms with Crippen molar-refractivity contribution in [3.63, 3.8) is 0 Å². The molecule has 2 fully saturated rings. The lowest BCUT2D eigenvalue weighted by molar-refractivity contribution is -0.0549. The number of nitrogens with zero attached hydrogens (tertiary/aromatic N) is 1. The first-order chi connectivity index (χ1) is 10.6. The fourth-order valence-corrected chi connectivity index (χ4v) is 4.62. The van der Waals surface area contributed by atoms with Crippen LogP contribution in [0, 0.1) is 5.92 Å². The maximum atomic E-state index is 12.7. The van der Waals surface area contributed by atoms with Gasteiger partial charge in [0.15, 0.2) is 0 Å². The average molecular weight is 322 g/mol. The maximum Gasteiger partial charge on any atom is 0.318 e. The molecule has 0 radical (unpaired) electrons. The Labute approximate surface area is 136 Å². The number of carbonyl (C=O) groups is 1. The number of ether oxygens (including phenoxy) is 1. The number of nitrogens with one attached hydrogen (secondary N) is 1. The van der Waals surface area contributed by atoms with E-state index in [-0.39, 0.29) is 24.3 Å². The zero-order valence-electron chi connectivity index (χ0n) is 13.5. The molecule has 4 nitrogen and oxygen atoms in total. The summed E-state index contributed by atoms with van der Waals surface area (Å²) in [6.07, 6.45) is 5.24. The minimum Gasteiger partial charge on any atom is -0.372 e. The van der Waals surface area contributed by atoms with Gasteiger partial charge in [-0.1, -0.05) is 18.9 Å². The van der Waals surface area contributed by atoms with Gasteiger partial charge in [0.1, 0.15) is 0 Å². The highest BCUT2D eigenvalue weighted by Crippen LogP contribution is 2.37. The van der Waals surface area contributed by atoms with Crippen molar-refractivity contribution in [2.45, 2.75) is 57.8 Å². The van der Waals surface area contributed by atoms with Crippen molar-refractivity contribution >= 4 is 17.4 Å². The lowest BCUT2D eigenvalue weighted by Crippen LogP contribution is -2.52. The van der Waals surface area contributed by atoms with Crippen LogP contribution in [0.1, 0.15) is 50.4 Å². The molecule has 0 bridgehead atoms. The molecule has 3 rings (SSSR count). The Morgan fingerprint density at radius 2 is 2.00 bits per heavy atom. The summed E-state index contributed by atoms with van der Waals surface area (Å²) in [4.78, 5) is 15.9. The second-order valence-corrected chi connectivity index (χ2v) is 7.63. The van der Waals surface area contributed by atoms with E-state index in [1.807, 2.05) is 18.7 Å². The molecule has 1 aromatic heterocycles. The monoisotopic (exact) mass is 322 g/mol. The van der Waals surface area contributed by atoms with E-state index in [4.69, 9.17) is 4.74 Å². The molecule has 1 N–H and O–H groups in total. The molecule has 22 heavy (non-hydrogen) atoms. The van der Waals surface area contributed by atoms with Crippen molar-refractivity contribution in [3.05, 3.63) is 22.4 Å². The van der Waals surface area contributed by atoms with Crippen LogP contribution >= 0.6 is 11.3 Å². The van der Waals surface area contributed by atoms with Crippen molar-refractivity contribution < 1.29 is 9.53 Å². The highest BCUT2D eigenvalue weighted by molar-refractivity contribution is 7.10. The number of thiophene rings is 1. The van der Waals surface area contributed by atoms with E-state index in [2.05, 4.69) is 22.8 Å². The molecule has 5 heteroatoms. The molecule has 3 unspecified atom stereocenters. The molecule has 1 aliphatic heterocycles. The summed E-state index contributed by atoms with van der Waals surface area (Å²) in [6, 6.07) is 4.46. The fourth-order valence-electron chi connectivity index (χ4n) is 3.75. The number of hydrogen-bond donors (Lipinski definition) is 1. The lowest BCUT2D eigenvalue weighted by atomic mass is 9.97. The molecule has 122 valence electrons. The number of amides is 2. The van der Waals surface area contributed by atoms with Gasteiger partial charge in [0, 0.05) is 18.0 Å². The third kappa shape index (κ3) is 3.63. The summed E-state index contributed by atoms with van der Waals surface area (Å²) in [5.74, 6) is 0.582. The smallest absolute Gasteiger partial charge is 0.318 e. The van der Waals surface area contributed by atoms with E-state index in [0.717, 1.165) is 0 Å². The predicted octanol–water partition coefficient (Wildman–Crippen LogP) is 3.80. The van der Waals surface area contributed by atoms with Gasteiger partial charge in [-0.25, -0.2) is 4.79 Å². The van der Waals surface area contributed by atoms with Gasteiger partial charge < -0.3 is 15.0 Å². The van der Waals surface area contributed by atoms with Gasteiger partial charge in [0.25, 0.3) is 0 Å². The zero-order valence-corrected chi connectivity index (χ0v) is 14.3. The molecule has 2 heterocycles. The van der Waals surface area contributed by atoms with Crippen molar-refractivity contribution in [1.29, 1.82) is 0 Å². The SMILES string of the molecule is CC1CN(C(=O)NC(c2cccs2)C2CCCC2)CC(C)O1. The van der Waals surface area contributed by atoms with Crippen LogP contribution in [0.3, 0.4) is 0 Å². The minimum atomic E-state index is 0.0623. The van der Waals surface area contributed by atoms with Gasteiger partial charge in [-0.2, -0.15) is 0 Å². The van der Waals surface area contributed by atoms with Gasteiger partial charge in [0.05, 0.1) is 18.2 Å². The summed E-state index contributed by atoms with van der Waals surface area (Å²) >= 11 is 1.75. The molecular weight excluding hydrogens is 296 g/mol. The van der Waals surface area contributed by atoms with Crippen LogP contribution in [0.4, 0.5) is 4.79 Å². The summed E-state index contributed by atoms with van der Waals surface area (Å²) in [5, 5.41) is 5.41. The molecule has 2 amide bonds. The summed E-state index contributed by atoms with van der Waals surface area (Å²) < 4.78 is 5.72. The van der Waals surface area contributed by atoms with Crippen molar-refractivity contribution in [2.75, 3.05) is 13.1 Å². The van der Waals surface area contributed by atoms with Crippen LogP contribution in [0.15, 0.2) is 17.5 Å². The first-order valence-electron chi connectivity index (χ1n) is 8.38. The quantitative estimate of drug-likeness (QED) is 0.919. The fraction of sp³-hybridized carbons (Fsp3) is 0.706. The van der Waals surface area contributed by atoms with E-state index in [0.29, 0.717) is 19.0 Å². The minimum absolute atomic E-state index is 0.0623. The average Bonchev–Trinajstić information content (AvgIpc) is 3.17. The molecule has 1 saturated heterocycles. The largest absolute Gasteiger partial charge is 0.372 e. The summed E-state index contributed by atoms with van der Waals surface area (Å²) in [5.41, 5.74) is 0. The van der Waals surface area contributed by atoms with Gasteiger partial charge >= 0.3 is 6.03 Å². The van der Waals surface area contributed by atoms with E-state index >= 15 is 0 Å². The summed E-state index contributed by atoms with van der Waals surface area (Å²) in [6.45, 7) is 5.42. The molecule has 1 aliphatic carbocycles. The Morgan fingerprint density at radius 1 is 1.32 bits per heavy atom. The number of rotatable bonds is 3. The second-order valence-electron chi connectivity index (χ2n) is 6.65. The van der Waals surface area contributed by atoms with Crippen LogP contribution in [0.25, 0.3) is 0 Å². The molecule has 0 aromatic carbocycles. The molecule has 1 saturated carbocycles. The highest BCUT2D eigenvalue weighted by Gasteiger charge is 2.32. The number of hydrogen-bond acceptors (Lipinski definition) is 3. The van der Waals surface area contributed by atoms with Crippen LogP contribution in [-0.4, -0.2) is 36.2 Å². The van der Waals surface area contributed by atoms with Crippen molar-refractivity contribution in [1.82, 2.24) is 10.2 Å². The van der Waals surface area contributed by atoms with E-state index in [9.17, 15) is 4.79 Å². The van der Waals surface area contributed by atoms with Crippen LogP contribution < -0.4 is 5.32 Å². The molecule has 0 spiro atoms. The van der Waals surface area contributed by atoms with Gasteiger partial charge in [0.2, 0.25) is 0 Å². The van der Waals surface area contributed by atoms with Crippen LogP contribution in [0.2, 0.25) is 0 Å². The molecule has 2 aliphatic rings. The highest BCUT2D eigenvalue weighted by atomic mass is 32.1. The van der Waals surface area contributed by atoms with E-state index in [1.165, 1.54) is 30.6 Å². The Kier molecular flexibility index (Phi) is 5.03. The van der Waals surface area contributed by atoms with Crippen LogP contribution in [-0.2, 0) is 4.74 Å². The van der Waals surface area contributed by atoms with Gasteiger partial charge in [-0.3, -0.25) is 0 Å². The Morgan fingerprint density at radius 3 is 2.59 bits per heavy atom. The lowest BCUT2D eigenvalue weighted by Gasteiger charge is -2.36. The normalized spacial score (nSPS) is 27.8. The molecule has 1 aromatic rings. The Hall–Kier alpha value is -1.07. The maximum absolute atomic E-state index is 12.7. The van der Waals surface area contributed by atoms with Crippen molar-refractivity contribution in [2.24, 2.45) is 5.92 Å². The third-order valence-electron chi connectivity index (χ3n) is 4.71. The summed E-state index contributed by atoms with van der Waals surface area (Å²) in [7, 11) is 0. The first kappa shape index (κ1) is 15.8. The number of morpholine rings is 1. The topological polar surface area (TPSA) is 41.6 Å². The number of urea groups is 1. The zero-order chi connectivity index (χ0) is 15.5. The standard InChI is InChI=1S/C17H26N2O2S/c1-12-10-19(11-13(2)21-12)17(20)18-16(14-6-3-4-7-14)15-8-5-9-22-15/h5,8-9,12-14,16H,3-4,6-7,10-11H2,1-2H3,(H,18,20). The van der Waals surface area contributed by atoms with Crippen molar-refractivity contribution in [3.8, 4) is 0 Å². The van der Waals surface area contributed by atoms with Gasteiger partial charge in [-0.15, -0.1) is 11.3 Å². The predicted molar refractivity (Wildman–Crippen MR) is 89.1 cm³/mol. The third-order valence-corrected chi connectivity index (χ3v) is 5.66. The molecular formula is C17H26N2O2S. The Bertz CT molecular complexity index is 475. The number of carbonyl (C=O) groups excluding carboxylic acids is 1. The first-order valence-corrected chi connectivity index (χ1v) is 9.25. The van der Waals surface area contributed by atoms with E-state index < -0.39 is 0 Å². The molecule has 3 atom stereocenters. The van der Waals surface area contributed by atoms with Crippen LogP contribution in [0.5, 0.6) is 0 Å². The van der Waals surface area contributed by atoms with E-state index in [1.54, 1.807) is 11.3 Å². The second kappa shape index (κ2) is 7.01. The Balaban J connectivity index is 1.68. The van der Waals surface area contributed by atoms with Gasteiger partial charge in [-0.05, 0) is 44.1 Å².